The van der Waals surface area contributed by atoms with E-state index in [4.69, 9.17) is 21.6 Å². The van der Waals surface area contributed by atoms with Gasteiger partial charge in [0.05, 0.1) is 5.52 Å². The lowest BCUT2D eigenvalue weighted by atomic mass is 10.2. The van der Waals surface area contributed by atoms with Crippen molar-refractivity contribution in [1.29, 1.82) is 0 Å². The summed E-state index contributed by atoms with van der Waals surface area (Å²) < 4.78 is 0. The Morgan fingerprint density at radius 1 is 0.914 bits per heavy atom. The highest BCUT2D eigenvalue weighted by Crippen LogP contribution is 2.24. The van der Waals surface area contributed by atoms with Crippen LogP contribution in [0.5, 0.6) is 0 Å². The molecule has 1 N–H and O–H groups in total. The molecule has 5 rings (SSSR count). The first kappa shape index (κ1) is 24.0. The SMILES string of the molecule is Cc1cc(N2CCN(CCCNc3ccnc4cc(Cl)ccc34)CC2)nc(N2CCN(C)CC2)n1. The number of nitrogens with one attached hydrogen (secondary N) is 1. The van der Waals surface area contributed by atoms with E-state index >= 15 is 0 Å². The number of halogens is 1. The maximum atomic E-state index is 6.11. The average molecular weight is 495 g/mol. The fourth-order valence-corrected chi connectivity index (χ4v) is 5.01. The summed E-state index contributed by atoms with van der Waals surface area (Å²) in [5.74, 6) is 1.95. The summed E-state index contributed by atoms with van der Waals surface area (Å²) in [6.45, 7) is 12.3. The highest BCUT2D eigenvalue weighted by Gasteiger charge is 2.21. The van der Waals surface area contributed by atoms with Gasteiger partial charge in [-0.3, -0.25) is 9.88 Å². The number of hydrogen-bond acceptors (Lipinski definition) is 8. The molecule has 2 fully saturated rings. The summed E-state index contributed by atoms with van der Waals surface area (Å²) in [7, 11) is 2.17. The third kappa shape index (κ3) is 5.94. The van der Waals surface area contributed by atoms with E-state index in [2.05, 4.69) is 49.9 Å². The molecule has 2 aliphatic rings. The minimum atomic E-state index is 0.717. The summed E-state index contributed by atoms with van der Waals surface area (Å²) >= 11 is 6.11. The van der Waals surface area contributed by atoms with Crippen LogP contribution in [0.4, 0.5) is 17.5 Å². The number of piperazine rings is 2. The van der Waals surface area contributed by atoms with Gasteiger partial charge in [-0.05, 0) is 51.2 Å². The lowest BCUT2D eigenvalue weighted by Crippen LogP contribution is -2.47. The highest BCUT2D eigenvalue weighted by atomic mass is 35.5. The number of benzene rings is 1. The maximum absolute atomic E-state index is 6.11. The number of rotatable bonds is 7. The quantitative estimate of drug-likeness (QED) is 0.502. The van der Waals surface area contributed by atoms with Crippen molar-refractivity contribution in [2.45, 2.75) is 13.3 Å². The number of likely N-dealkylation sites (N-methyl/N-ethyl adjacent to an activating group) is 1. The Morgan fingerprint density at radius 2 is 1.69 bits per heavy atom. The molecule has 0 spiro atoms. The standard InChI is InChI=1S/C26H35ClN8/c1-20-18-25(31-26(30-20)35-14-10-32(2)11-15-35)34-16-12-33(13-17-34)9-3-7-28-23-6-8-29-24-19-21(27)4-5-22(23)24/h4-6,8,18-19H,3,7,9-17H2,1-2H3,(H,28,29). The normalized spacial score (nSPS) is 17.8. The fraction of sp³-hybridized carbons (Fsp3) is 0.500. The van der Waals surface area contributed by atoms with Gasteiger partial charge >= 0.3 is 0 Å². The third-order valence-corrected chi connectivity index (χ3v) is 7.22. The third-order valence-electron chi connectivity index (χ3n) is 6.98. The van der Waals surface area contributed by atoms with Gasteiger partial charge in [0.25, 0.3) is 0 Å². The van der Waals surface area contributed by atoms with Gasteiger partial charge in [-0.25, -0.2) is 4.98 Å². The Kier molecular flexibility index (Phi) is 7.51. The van der Waals surface area contributed by atoms with Crippen molar-refractivity contribution in [2.24, 2.45) is 0 Å². The first-order chi connectivity index (χ1) is 17.0. The van der Waals surface area contributed by atoms with Gasteiger partial charge in [-0.1, -0.05) is 11.6 Å². The van der Waals surface area contributed by atoms with Crippen LogP contribution < -0.4 is 15.1 Å². The zero-order valence-electron chi connectivity index (χ0n) is 20.8. The van der Waals surface area contributed by atoms with Crippen molar-refractivity contribution in [3.63, 3.8) is 0 Å². The van der Waals surface area contributed by atoms with Crippen LogP contribution in [-0.2, 0) is 0 Å². The first-order valence-corrected chi connectivity index (χ1v) is 13.0. The van der Waals surface area contributed by atoms with Crippen LogP contribution >= 0.6 is 11.6 Å². The largest absolute Gasteiger partial charge is 0.384 e. The van der Waals surface area contributed by atoms with Crippen LogP contribution in [0, 0.1) is 6.92 Å². The fourth-order valence-electron chi connectivity index (χ4n) is 4.85. The Morgan fingerprint density at radius 3 is 2.49 bits per heavy atom. The zero-order chi connectivity index (χ0) is 24.2. The predicted molar refractivity (Wildman–Crippen MR) is 145 cm³/mol. The molecule has 2 saturated heterocycles. The Labute approximate surface area is 212 Å². The molecule has 4 heterocycles. The van der Waals surface area contributed by atoms with E-state index < -0.39 is 0 Å². The van der Waals surface area contributed by atoms with Crippen molar-refractivity contribution < 1.29 is 0 Å². The second-order valence-electron chi connectivity index (χ2n) is 9.59. The molecule has 0 bridgehead atoms. The van der Waals surface area contributed by atoms with Crippen LogP contribution in [-0.4, -0.2) is 97.2 Å². The van der Waals surface area contributed by atoms with Crippen LogP contribution in [0.3, 0.4) is 0 Å². The minimum absolute atomic E-state index is 0.717. The van der Waals surface area contributed by atoms with Crippen molar-refractivity contribution in [3.05, 3.63) is 47.2 Å². The van der Waals surface area contributed by atoms with Crippen LogP contribution in [0.15, 0.2) is 36.5 Å². The monoisotopic (exact) mass is 494 g/mol. The molecule has 3 aromatic rings. The number of hydrogen-bond donors (Lipinski definition) is 1. The molecule has 0 unspecified atom stereocenters. The summed E-state index contributed by atoms with van der Waals surface area (Å²) in [5, 5.41) is 5.41. The highest BCUT2D eigenvalue weighted by molar-refractivity contribution is 6.31. The minimum Gasteiger partial charge on any atom is -0.384 e. The molecule has 186 valence electrons. The van der Waals surface area contributed by atoms with E-state index in [0.29, 0.717) is 5.02 Å². The number of anilines is 3. The predicted octanol–water partition coefficient (Wildman–Crippen LogP) is 3.36. The summed E-state index contributed by atoms with van der Waals surface area (Å²) in [6.07, 6.45) is 2.93. The molecule has 0 saturated carbocycles. The van der Waals surface area contributed by atoms with Gasteiger partial charge in [0.1, 0.15) is 5.82 Å². The van der Waals surface area contributed by atoms with E-state index in [1.165, 1.54) is 0 Å². The maximum Gasteiger partial charge on any atom is 0.227 e. The van der Waals surface area contributed by atoms with E-state index in [1.807, 2.05) is 30.5 Å². The number of fused-ring (bicyclic) bond motifs is 1. The van der Waals surface area contributed by atoms with Crippen molar-refractivity contribution in [2.75, 3.05) is 87.6 Å². The molecule has 35 heavy (non-hydrogen) atoms. The van der Waals surface area contributed by atoms with Gasteiger partial charge in [-0.2, -0.15) is 4.98 Å². The summed E-state index contributed by atoms with van der Waals surface area (Å²) in [5.41, 5.74) is 3.09. The Hall–Kier alpha value is -2.68. The molecule has 9 heteroatoms. The molecule has 1 aromatic carbocycles. The van der Waals surface area contributed by atoms with Gasteiger partial charge in [0, 0.05) is 93.0 Å². The molecule has 0 aliphatic carbocycles. The topological polar surface area (TPSA) is 63.7 Å². The van der Waals surface area contributed by atoms with Crippen molar-refractivity contribution >= 4 is 40.0 Å². The van der Waals surface area contributed by atoms with Gasteiger partial charge in [-0.15, -0.1) is 0 Å². The van der Waals surface area contributed by atoms with Crippen LogP contribution in [0.1, 0.15) is 12.1 Å². The molecule has 0 atom stereocenters. The second-order valence-corrected chi connectivity index (χ2v) is 10.0. The van der Waals surface area contributed by atoms with E-state index in [9.17, 15) is 0 Å². The molecule has 0 amide bonds. The molecular formula is C26H35ClN8. The molecular weight excluding hydrogens is 460 g/mol. The zero-order valence-corrected chi connectivity index (χ0v) is 21.5. The molecule has 2 aliphatic heterocycles. The van der Waals surface area contributed by atoms with Gasteiger partial charge < -0.3 is 20.0 Å². The number of aromatic nitrogens is 3. The molecule has 2 aromatic heterocycles. The van der Waals surface area contributed by atoms with E-state index in [-0.39, 0.29) is 0 Å². The van der Waals surface area contributed by atoms with E-state index in [1.54, 1.807) is 0 Å². The van der Waals surface area contributed by atoms with Crippen molar-refractivity contribution in [1.82, 2.24) is 24.8 Å². The second kappa shape index (κ2) is 10.9. The average Bonchev–Trinajstić information content (AvgIpc) is 2.87. The van der Waals surface area contributed by atoms with Crippen LogP contribution in [0.2, 0.25) is 5.02 Å². The van der Waals surface area contributed by atoms with E-state index in [0.717, 1.165) is 106 Å². The number of nitrogens with zero attached hydrogens (tertiary/aromatic N) is 7. The summed E-state index contributed by atoms with van der Waals surface area (Å²) in [4.78, 5) is 23.8. The summed E-state index contributed by atoms with van der Waals surface area (Å²) in [6, 6.07) is 10.0. The van der Waals surface area contributed by atoms with Gasteiger partial charge in [0.15, 0.2) is 0 Å². The number of aryl methyl sites for hydroxylation is 1. The van der Waals surface area contributed by atoms with Gasteiger partial charge in [0.2, 0.25) is 5.95 Å². The van der Waals surface area contributed by atoms with Crippen molar-refractivity contribution in [3.8, 4) is 0 Å². The smallest absolute Gasteiger partial charge is 0.227 e. The molecule has 8 nitrogen and oxygen atoms in total. The Bertz CT molecular complexity index is 1140. The lowest BCUT2D eigenvalue weighted by molar-refractivity contribution is 0.256. The Balaban J connectivity index is 1.10. The first-order valence-electron chi connectivity index (χ1n) is 12.6. The van der Waals surface area contributed by atoms with Crippen LogP contribution in [0.25, 0.3) is 10.9 Å². The lowest BCUT2D eigenvalue weighted by Gasteiger charge is -2.36. The molecule has 0 radical (unpaired) electrons. The number of pyridine rings is 1.